The first kappa shape index (κ1) is 24.5. The Balaban J connectivity index is 1.56. The van der Waals surface area contributed by atoms with Crippen molar-refractivity contribution < 1.29 is 23.1 Å². The van der Waals surface area contributed by atoms with Crippen molar-refractivity contribution in [3.8, 4) is 11.1 Å². The summed E-state index contributed by atoms with van der Waals surface area (Å²) in [4.78, 5) is 23.5. The molecule has 4 N–H and O–H groups in total. The van der Waals surface area contributed by atoms with Gasteiger partial charge in [-0.1, -0.05) is 35.9 Å². The van der Waals surface area contributed by atoms with E-state index in [0.29, 0.717) is 17.2 Å². The lowest BCUT2D eigenvalue weighted by molar-refractivity contribution is -0.139. The third-order valence-electron chi connectivity index (χ3n) is 4.94. The van der Waals surface area contributed by atoms with E-state index in [1.807, 2.05) is 12.1 Å². The molecule has 2 unspecified atom stereocenters. The second-order valence-electron chi connectivity index (χ2n) is 7.25. The Morgan fingerprint density at radius 3 is 2.31 bits per heavy atom. The van der Waals surface area contributed by atoms with Crippen molar-refractivity contribution in [2.24, 2.45) is 0 Å². The SMILES string of the molecule is O=C(O)C(CCCNC(=O)C1CSCN1)NS(=O)(=O)c1ccc(-c2ccc(Cl)cc2)cc1. The lowest BCUT2D eigenvalue weighted by Crippen LogP contribution is -2.43. The predicted octanol–water partition coefficient (Wildman–Crippen LogP) is 2.30. The summed E-state index contributed by atoms with van der Waals surface area (Å²) >= 11 is 7.52. The lowest BCUT2D eigenvalue weighted by Gasteiger charge is -2.16. The smallest absolute Gasteiger partial charge is 0.321 e. The van der Waals surface area contributed by atoms with Crippen LogP contribution in [0.25, 0.3) is 11.1 Å². The van der Waals surface area contributed by atoms with Crippen LogP contribution in [0.2, 0.25) is 5.02 Å². The van der Waals surface area contributed by atoms with Gasteiger partial charge in [-0.25, -0.2) is 8.42 Å². The van der Waals surface area contributed by atoms with Gasteiger partial charge in [0, 0.05) is 23.2 Å². The zero-order chi connectivity index (χ0) is 23.1. The molecule has 8 nitrogen and oxygen atoms in total. The molecule has 0 bridgehead atoms. The van der Waals surface area contributed by atoms with Crippen molar-refractivity contribution in [1.29, 1.82) is 0 Å². The highest BCUT2D eigenvalue weighted by Gasteiger charge is 2.26. The van der Waals surface area contributed by atoms with E-state index >= 15 is 0 Å². The summed E-state index contributed by atoms with van der Waals surface area (Å²) in [6.07, 6.45) is 0.366. The van der Waals surface area contributed by atoms with Crippen molar-refractivity contribution in [3.63, 3.8) is 0 Å². The van der Waals surface area contributed by atoms with Crippen molar-refractivity contribution in [2.75, 3.05) is 18.2 Å². The zero-order valence-corrected chi connectivity index (χ0v) is 19.5. The van der Waals surface area contributed by atoms with Gasteiger partial charge < -0.3 is 10.4 Å². The minimum absolute atomic E-state index is 0.0282. The Bertz CT molecular complexity index is 1040. The highest BCUT2D eigenvalue weighted by molar-refractivity contribution is 7.99. The number of benzene rings is 2. The molecule has 0 spiro atoms. The van der Waals surface area contributed by atoms with E-state index in [4.69, 9.17) is 11.6 Å². The minimum Gasteiger partial charge on any atom is -0.480 e. The van der Waals surface area contributed by atoms with E-state index in [9.17, 15) is 23.1 Å². The van der Waals surface area contributed by atoms with Crippen LogP contribution in [0.5, 0.6) is 0 Å². The van der Waals surface area contributed by atoms with Crippen molar-refractivity contribution in [3.05, 3.63) is 53.6 Å². The van der Waals surface area contributed by atoms with Gasteiger partial charge in [0.1, 0.15) is 6.04 Å². The fraction of sp³-hybridized carbons (Fsp3) is 0.333. The van der Waals surface area contributed by atoms with Crippen LogP contribution in [0.1, 0.15) is 12.8 Å². The number of thioether (sulfide) groups is 1. The maximum atomic E-state index is 12.7. The predicted molar refractivity (Wildman–Crippen MR) is 125 cm³/mol. The Kier molecular flexibility index (Phi) is 8.55. The Morgan fingerprint density at radius 1 is 1.12 bits per heavy atom. The minimum atomic E-state index is -4.03. The first-order chi connectivity index (χ1) is 15.3. The molecular weight excluding hydrogens is 474 g/mol. The Morgan fingerprint density at radius 2 is 1.75 bits per heavy atom. The van der Waals surface area contributed by atoms with Gasteiger partial charge in [0.25, 0.3) is 0 Å². The molecule has 1 saturated heterocycles. The molecule has 0 radical (unpaired) electrons. The molecule has 32 heavy (non-hydrogen) atoms. The average molecular weight is 498 g/mol. The lowest BCUT2D eigenvalue weighted by atomic mass is 10.1. The molecule has 2 aromatic rings. The maximum Gasteiger partial charge on any atom is 0.321 e. The van der Waals surface area contributed by atoms with E-state index in [-0.39, 0.29) is 29.8 Å². The number of hydrogen-bond donors (Lipinski definition) is 4. The highest BCUT2D eigenvalue weighted by atomic mass is 35.5. The number of rotatable bonds is 10. The fourth-order valence-corrected chi connectivity index (χ4v) is 5.45. The van der Waals surface area contributed by atoms with Crippen LogP contribution in [0.4, 0.5) is 0 Å². The number of amides is 1. The molecule has 2 atom stereocenters. The third-order valence-corrected chi connectivity index (χ3v) is 7.62. The topological polar surface area (TPSA) is 125 Å². The molecule has 3 rings (SSSR count). The number of carboxylic acids is 1. The van der Waals surface area contributed by atoms with Gasteiger partial charge in [0.05, 0.1) is 10.9 Å². The van der Waals surface area contributed by atoms with Crippen LogP contribution in [0, 0.1) is 0 Å². The second kappa shape index (κ2) is 11.2. The Labute approximate surface area is 196 Å². The first-order valence-electron chi connectivity index (χ1n) is 9.96. The summed E-state index contributed by atoms with van der Waals surface area (Å²) in [5, 5.41) is 15.8. The van der Waals surface area contributed by atoms with E-state index in [0.717, 1.165) is 17.0 Å². The summed E-state index contributed by atoms with van der Waals surface area (Å²) < 4.78 is 27.6. The van der Waals surface area contributed by atoms with Crippen molar-refractivity contribution >= 4 is 45.3 Å². The van der Waals surface area contributed by atoms with Gasteiger partial charge >= 0.3 is 5.97 Å². The summed E-state index contributed by atoms with van der Waals surface area (Å²) in [5.74, 6) is 0.0109. The molecule has 172 valence electrons. The molecule has 1 heterocycles. The van der Waals surface area contributed by atoms with Crippen LogP contribution < -0.4 is 15.4 Å². The Hall–Kier alpha value is -2.11. The standard InChI is InChI=1S/C21H24ClN3O5S2/c22-16-7-3-14(4-8-16)15-5-9-17(10-6-15)32(29,30)25-18(21(27)28)2-1-11-23-20(26)19-12-31-13-24-19/h3-10,18-19,24-25H,1-2,11-13H2,(H,23,26)(H,27,28). The van der Waals surface area contributed by atoms with Crippen molar-refractivity contribution in [2.45, 2.75) is 29.8 Å². The van der Waals surface area contributed by atoms with Crippen LogP contribution in [0.3, 0.4) is 0 Å². The van der Waals surface area contributed by atoms with E-state index < -0.39 is 22.0 Å². The quantitative estimate of drug-likeness (QED) is 0.371. The van der Waals surface area contributed by atoms with Gasteiger partial charge in [-0.3, -0.25) is 14.9 Å². The van der Waals surface area contributed by atoms with Gasteiger partial charge in [-0.15, -0.1) is 11.8 Å². The van der Waals surface area contributed by atoms with Crippen molar-refractivity contribution in [1.82, 2.24) is 15.4 Å². The second-order valence-corrected chi connectivity index (χ2v) is 10.4. The molecule has 1 aliphatic heterocycles. The number of aliphatic carboxylic acids is 1. The molecule has 1 fully saturated rings. The largest absolute Gasteiger partial charge is 0.480 e. The van der Waals surface area contributed by atoms with E-state index in [1.54, 1.807) is 36.0 Å². The summed E-state index contributed by atoms with van der Waals surface area (Å²) in [6, 6.07) is 11.7. The highest BCUT2D eigenvalue weighted by Crippen LogP contribution is 2.23. The number of hydrogen-bond acceptors (Lipinski definition) is 6. The summed E-state index contributed by atoms with van der Waals surface area (Å²) in [6.45, 7) is 0.267. The average Bonchev–Trinajstić information content (AvgIpc) is 3.31. The van der Waals surface area contributed by atoms with Gasteiger partial charge in [0.2, 0.25) is 15.9 Å². The van der Waals surface area contributed by atoms with Crippen LogP contribution in [-0.2, 0) is 19.6 Å². The van der Waals surface area contributed by atoms with Crippen LogP contribution in [0.15, 0.2) is 53.4 Å². The molecule has 0 saturated carbocycles. The van der Waals surface area contributed by atoms with E-state index in [1.165, 1.54) is 12.1 Å². The first-order valence-corrected chi connectivity index (χ1v) is 13.0. The number of halogens is 1. The summed E-state index contributed by atoms with van der Waals surface area (Å²) in [7, 11) is -4.03. The molecule has 1 amide bonds. The number of carbonyl (C=O) groups is 2. The molecule has 2 aromatic carbocycles. The normalized spacial score (nSPS) is 17.1. The van der Waals surface area contributed by atoms with Crippen LogP contribution >= 0.6 is 23.4 Å². The molecule has 1 aliphatic rings. The summed E-state index contributed by atoms with van der Waals surface area (Å²) in [5.41, 5.74) is 1.68. The molecule has 0 aliphatic carbocycles. The number of nitrogens with one attached hydrogen (secondary N) is 3. The van der Waals surface area contributed by atoms with E-state index in [2.05, 4.69) is 15.4 Å². The molecular formula is C21H24ClN3O5S2. The number of carbonyl (C=O) groups excluding carboxylic acids is 1. The van der Waals surface area contributed by atoms with Gasteiger partial charge in [-0.2, -0.15) is 4.72 Å². The zero-order valence-electron chi connectivity index (χ0n) is 17.1. The monoisotopic (exact) mass is 497 g/mol. The third kappa shape index (κ3) is 6.69. The van der Waals surface area contributed by atoms with Gasteiger partial charge in [-0.05, 0) is 48.2 Å². The molecule has 11 heteroatoms. The maximum absolute atomic E-state index is 12.7. The van der Waals surface area contributed by atoms with Gasteiger partial charge in [0.15, 0.2) is 0 Å². The fourth-order valence-electron chi connectivity index (χ4n) is 3.16. The molecule has 0 aromatic heterocycles. The van der Waals surface area contributed by atoms with Crippen LogP contribution in [-0.4, -0.2) is 55.7 Å². The number of sulfonamides is 1. The number of carboxylic acid groups (broad SMARTS) is 1.